The maximum absolute atomic E-state index is 5.22. The molecule has 0 spiro atoms. The number of hydrogen-bond donors (Lipinski definition) is 0. The summed E-state index contributed by atoms with van der Waals surface area (Å²) >= 11 is 0. The van der Waals surface area contributed by atoms with Gasteiger partial charge in [-0.05, 0) is 29.3 Å². The molecule has 0 saturated carbocycles. The van der Waals surface area contributed by atoms with Crippen molar-refractivity contribution in [2.75, 3.05) is 0 Å². The van der Waals surface area contributed by atoms with E-state index in [2.05, 4.69) is 95.3 Å². The van der Waals surface area contributed by atoms with E-state index in [0.29, 0.717) is 11.8 Å². The summed E-state index contributed by atoms with van der Waals surface area (Å²) in [6, 6.07) is 21.2. The molecular weight excluding hydrogens is 351 g/mol. The van der Waals surface area contributed by atoms with Crippen LogP contribution in [0, 0.1) is 11.8 Å². The van der Waals surface area contributed by atoms with Crippen LogP contribution in [0.1, 0.15) is 71.4 Å². The summed E-state index contributed by atoms with van der Waals surface area (Å²) in [5, 5.41) is 0. The molecule has 0 aliphatic heterocycles. The molecule has 0 radical (unpaired) electrons. The van der Waals surface area contributed by atoms with Crippen molar-refractivity contribution >= 4 is 18.4 Å². The molecule has 0 amide bonds. The van der Waals surface area contributed by atoms with Gasteiger partial charge >= 0.3 is 6.98 Å². The van der Waals surface area contributed by atoms with Gasteiger partial charge in [0.2, 0.25) is 0 Å². The SMILES string of the molecule is CCCCCCB(N=C(c1ccccc1)C(C)C)N=C(c1ccccc1)C(C)C. The molecule has 0 aliphatic carbocycles. The number of hydrogen-bond acceptors (Lipinski definition) is 2. The molecule has 0 aliphatic rings. The summed E-state index contributed by atoms with van der Waals surface area (Å²) < 4.78 is 0. The monoisotopic (exact) mass is 388 g/mol. The molecule has 0 saturated heterocycles. The molecule has 154 valence electrons. The molecule has 0 heterocycles. The van der Waals surface area contributed by atoms with E-state index in [-0.39, 0.29) is 6.98 Å². The van der Waals surface area contributed by atoms with Gasteiger partial charge in [0.25, 0.3) is 0 Å². The van der Waals surface area contributed by atoms with E-state index in [4.69, 9.17) is 9.81 Å². The van der Waals surface area contributed by atoms with Crippen LogP contribution in [-0.2, 0) is 0 Å². The molecule has 2 aromatic rings. The van der Waals surface area contributed by atoms with E-state index >= 15 is 0 Å². The Morgan fingerprint density at radius 1 is 0.690 bits per heavy atom. The largest absolute Gasteiger partial charge is 0.412 e. The molecule has 0 N–H and O–H groups in total. The van der Waals surface area contributed by atoms with E-state index in [9.17, 15) is 0 Å². The second-order valence-corrected chi connectivity index (χ2v) is 8.40. The predicted molar refractivity (Wildman–Crippen MR) is 130 cm³/mol. The van der Waals surface area contributed by atoms with E-state index in [1.165, 1.54) is 36.8 Å². The molecule has 2 aromatic carbocycles. The Labute approximate surface area is 178 Å². The maximum atomic E-state index is 5.22. The topological polar surface area (TPSA) is 24.7 Å². The first-order valence-corrected chi connectivity index (χ1v) is 11.3. The third-order valence-corrected chi connectivity index (χ3v) is 5.12. The lowest BCUT2D eigenvalue weighted by atomic mass is 9.71. The molecule has 0 atom stereocenters. The van der Waals surface area contributed by atoms with Crippen molar-refractivity contribution in [3.8, 4) is 0 Å². The summed E-state index contributed by atoms with van der Waals surface area (Å²) in [6.45, 7) is 11.1. The Kier molecular flexibility index (Phi) is 9.90. The second kappa shape index (κ2) is 12.4. The second-order valence-electron chi connectivity index (χ2n) is 8.40. The van der Waals surface area contributed by atoms with Crippen LogP contribution in [0.3, 0.4) is 0 Å². The Balaban J connectivity index is 2.41. The number of benzene rings is 2. The summed E-state index contributed by atoms with van der Waals surface area (Å²) in [7, 11) is 0. The van der Waals surface area contributed by atoms with Crippen molar-refractivity contribution in [3.63, 3.8) is 0 Å². The zero-order valence-electron chi connectivity index (χ0n) is 18.9. The molecule has 2 nitrogen and oxygen atoms in total. The van der Waals surface area contributed by atoms with Gasteiger partial charge in [-0.15, -0.1) is 0 Å². The van der Waals surface area contributed by atoms with Crippen LogP contribution in [0.25, 0.3) is 0 Å². The zero-order valence-corrected chi connectivity index (χ0v) is 18.9. The number of unbranched alkanes of at least 4 members (excludes halogenated alkanes) is 3. The third kappa shape index (κ3) is 7.64. The van der Waals surface area contributed by atoms with Crippen molar-refractivity contribution in [2.24, 2.45) is 21.6 Å². The van der Waals surface area contributed by atoms with Gasteiger partial charge in [-0.25, -0.2) is 0 Å². The van der Waals surface area contributed by atoms with Gasteiger partial charge < -0.3 is 9.81 Å². The summed E-state index contributed by atoms with van der Waals surface area (Å²) in [4.78, 5) is 10.4. The van der Waals surface area contributed by atoms with E-state index in [0.717, 1.165) is 17.7 Å². The minimum absolute atomic E-state index is 0.0259. The average Bonchev–Trinajstić information content (AvgIpc) is 2.73. The standard InChI is InChI=1S/C26H37BN2/c1-6-7-8-15-20-27(28-25(21(2)3)23-16-11-9-12-17-23)29-26(22(4)5)24-18-13-10-14-19-24/h9-14,16-19,21-22H,6-8,15,20H2,1-5H3. The molecule has 2 rings (SSSR count). The number of nitrogens with zero attached hydrogens (tertiary/aromatic N) is 2. The fourth-order valence-corrected chi connectivity index (χ4v) is 3.56. The molecule has 0 unspecified atom stereocenters. The van der Waals surface area contributed by atoms with Gasteiger partial charge in [0, 0.05) is 11.4 Å². The average molecular weight is 388 g/mol. The molecule has 0 bridgehead atoms. The van der Waals surface area contributed by atoms with Crippen LogP contribution in [0.4, 0.5) is 0 Å². The minimum Gasteiger partial charge on any atom is -0.317 e. The quantitative estimate of drug-likeness (QED) is 0.218. The van der Waals surface area contributed by atoms with Gasteiger partial charge in [-0.1, -0.05) is 121 Å². The molecular formula is C26H37BN2. The van der Waals surface area contributed by atoms with Crippen molar-refractivity contribution in [3.05, 3.63) is 71.8 Å². The normalized spacial score (nSPS) is 12.7. The summed E-state index contributed by atoms with van der Waals surface area (Å²) in [5.74, 6) is 0.731. The fourth-order valence-electron chi connectivity index (χ4n) is 3.56. The van der Waals surface area contributed by atoms with Gasteiger partial charge in [-0.2, -0.15) is 0 Å². The van der Waals surface area contributed by atoms with Crippen molar-refractivity contribution in [1.29, 1.82) is 0 Å². The van der Waals surface area contributed by atoms with Crippen LogP contribution >= 0.6 is 0 Å². The zero-order chi connectivity index (χ0) is 21.1. The van der Waals surface area contributed by atoms with Gasteiger partial charge in [0.1, 0.15) is 0 Å². The highest BCUT2D eigenvalue weighted by atomic mass is 14.8. The summed E-state index contributed by atoms with van der Waals surface area (Å²) in [5.41, 5.74) is 4.74. The van der Waals surface area contributed by atoms with Crippen LogP contribution in [0.15, 0.2) is 70.5 Å². The van der Waals surface area contributed by atoms with E-state index in [1.807, 2.05) is 0 Å². The van der Waals surface area contributed by atoms with Crippen LogP contribution in [0.5, 0.6) is 0 Å². The Bertz CT molecular complexity index is 702. The molecule has 29 heavy (non-hydrogen) atoms. The lowest BCUT2D eigenvalue weighted by Crippen LogP contribution is -2.21. The highest BCUT2D eigenvalue weighted by Crippen LogP contribution is 2.17. The van der Waals surface area contributed by atoms with Crippen LogP contribution in [0.2, 0.25) is 6.32 Å². The molecule has 0 fully saturated rings. The lowest BCUT2D eigenvalue weighted by molar-refractivity contribution is 0.697. The first kappa shape index (κ1) is 23.1. The predicted octanol–water partition coefficient (Wildman–Crippen LogP) is 7.35. The molecule has 3 heteroatoms. The van der Waals surface area contributed by atoms with E-state index in [1.54, 1.807) is 0 Å². The molecule has 0 aromatic heterocycles. The lowest BCUT2D eigenvalue weighted by Gasteiger charge is -2.17. The highest BCUT2D eigenvalue weighted by molar-refractivity contribution is 6.59. The first-order valence-electron chi connectivity index (χ1n) is 11.3. The third-order valence-electron chi connectivity index (χ3n) is 5.12. The Hall–Kier alpha value is -2.16. The van der Waals surface area contributed by atoms with E-state index < -0.39 is 0 Å². The highest BCUT2D eigenvalue weighted by Gasteiger charge is 2.19. The van der Waals surface area contributed by atoms with Gasteiger partial charge in [0.15, 0.2) is 0 Å². The fraction of sp³-hybridized carbons (Fsp3) is 0.462. The van der Waals surface area contributed by atoms with Crippen LogP contribution in [-0.4, -0.2) is 18.4 Å². The van der Waals surface area contributed by atoms with Crippen molar-refractivity contribution in [1.82, 2.24) is 0 Å². The van der Waals surface area contributed by atoms with Gasteiger partial charge in [-0.3, -0.25) is 0 Å². The van der Waals surface area contributed by atoms with Crippen LogP contribution < -0.4 is 0 Å². The first-order chi connectivity index (χ1) is 14.0. The van der Waals surface area contributed by atoms with Gasteiger partial charge in [0.05, 0.1) is 0 Å². The van der Waals surface area contributed by atoms with Crippen molar-refractivity contribution in [2.45, 2.75) is 66.6 Å². The van der Waals surface area contributed by atoms with Crippen molar-refractivity contribution < 1.29 is 0 Å². The Morgan fingerprint density at radius 2 is 1.14 bits per heavy atom. The maximum Gasteiger partial charge on any atom is 0.412 e. The minimum atomic E-state index is -0.0259. The Morgan fingerprint density at radius 3 is 1.52 bits per heavy atom. The summed E-state index contributed by atoms with van der Waals surface area (Å²) in [6.07, 6.45) is 5.96. The number of rotatable bonds is 11. The smallest absolute Gasteiger partial charge is 0.317 e.